The molecule has 0 N–H and O–H groups in total. The van der Waals surface area contributed by atoms with Gasteiger partial charge >= 0.3 is 23.5 Å². The molecule has 4 heteroatoms. The Morgan fingerprint density at radius 1 is 1.25 bits per heavy atom. The molecular formula is HFO2V. The summed E-state index contributed by atoms with van der Waals surface area (Å²) in [7, 11) is 0. The van der Waals surface area contributed by atoms with Crippen molar-refractivity contribution in [2.24, 2.45) is 0 Å². The van der Waals surface area contributed by atoms with Gasteiger partial charge in [0.15, 0.2) is 0 Å². The fourth-order valence-corrected chi connectivity index (χ4v) is 0. The average Bonchev–Trinajstić information content (AvgIpc) is 0.918. The molecule has 0 atom stereocenters. The van der Waals surface area contributed by atoms with Crippen LogP contribution in [0, 0.1) is 0 Å². The van der Waals surface area contributed by atoms with E-state index in [4.69, 9.17) is 7.35 Å². The van der Waals surface area contributed by atoms with Crippen molar-refractivity contribution in [3.8, 4) is 0 Å². The van der Waals surface area contributed by atoms with Crippen LogP contribution < -0.4 is 0 Å². The van der Waals surface area contributed by atoms with Gasteiger partial charge < -0.3 is 0 Å². The van der Waals surface area contributed by atoms with Crippen LogP contribution in [-0.2, 0) is 23.5 Å². The van der Waals surface area contributed by atoms with Gasteiger partial charge in [0, 0.05) is 0 Å². The summed E-state index contributed by atoms with van der Waals surface area (Å²) in [6, 6.07) is 0. The first-order chi connectivity index (χ1) is 1.41. The first-order valence-corrected chi connectivity index (χ1v) is 1.51. The van der Waals surface area contributed by atoms with Crippen LogP contribution in [-0.4, -0.2) is 0 Å². The van der Waals surface area contributed by atoms with Crippen LogP contribution in [0.4, 0.5) is 4.70 Å². The zero-order valence-electron chi connectivity index (χ0n) is 1.67. The molecule has 0 fully saturated rings. The number of rotatable bonds is 0. The molecule has 0 aromatic heterocycles. The van der Waals surface area contributed by atoms with Crippen molar-refractivity contribution in [2.75, 3.05) is 0 Å². The second-order valence-corrected chi connectivity index (χ2v) is 0.307. The predicted octanol–water partition coefficient (Wildman–Crippen LogP) is -0.0876. The molecule has 25 valence electrons. The van der Waals surface area contributed by atoms with Gasteiger partial charge in [0.2, 0.25) is 0 Å². The van der Waals surface area contributed by atoms with Crippen molar-refractivity contribution in [1.82, 2.24) is 0 Å². The summed E-state index contributed by atoms with van der Waals surface area (Å²) in [5.74, 6) is 0. The number of hydrogen-bond donors (Lipinski definition) is 0. The Labute approximate surface area is 29.1 Å². The van der Waals surface area contributed by atoms with E-state index in [9.17, 15) is 0 Å². The van der Waals surface area contributed by atoms with E-state index >= 15 is 0 Å². The van der Waals surface area contributed by atoms with Gasteiger partial charge in [-0.15, -0.1) is 0 Å². The second kappa shape index (κ2) is 11.2. The quantitative estimate of drug-likeness (QED) is 0.429. The molecule has 0 radical (unpaired) electrons. The Hall–Kier alpha value is 0.114. The molecular weight excluding hydrogens is 102 g/mol. The van der Waals surface area contributed by atoms with E-state index in [0.717, 1.165) is 0 Å². The number of halogens is 1. The molecule has 4 heavy (non-hydrogen) atoms. The maximum absolute atomic E-state index is 8.47. The van der Waals surface area contributed by atoms with E-state index in [1.807, 2.05) is 0 Å². The van der Waals surface area contributed by atoms with Gasteiger partial charge in [0.05, 0.1) is 0 Å². The summed E-state index contributed by atoms with van der Waals surface area (Å²) >= 11 is -1.81. The minimum atomic E-state index is -1.81. The summed E-state index contributed by atoms with van der Waals surface area (Å²) in [6.07, 6.45) is 0. The van der Waals surface area contributed by atoms with Crippen molar-refractivity contribution in [3.63, 3.8) is 0 Å². The van der Waals surface area contributed by atoms with Crippen LogP contribution in [0.25, 0.3) is 0 Å². The average molecular weight is 103 g/mol. The maximum atomic E-state index is 8.47. The normalized spacial score (nSPS) is 2.00. The molecule has 0 aliphatic heterocycles. The summed E-state index contributed by atoms with van der Waals surface area (Å²) in [5, 5.41) is 0. The summed E-state index contributed by atoms with van der Waals surface area (Å²) in [4.78, 5) is 0. The van der Waals surface area contributed by atoms with E-state index in [1.165, 1.54) is 0 Å². The zero-order valence-corrected chi connectivity index (χ0v) is 3.07. The third-order valence-corrected chi connectivity index (χ3v) is 0. The van der Waals surface area contributed by atoms with E-state index < -0.39 is 16.2 Å². The van der Waals surface area contributed by atoms with Gasteiger partial charge in [-0.05, 0) is 0 Å². The number of hydrogen-bond acceptors (Lipinski definition) is 2. The van der Waals surface area contributed by atoms with Crippen molar-refractivity contribution in [1.29, 1.82) is 0 Å². The van der Waals surface area contributed by atoms with Crippen molar-refractivity contribution < 1.29 is 28.2 Å². The molecule has 0 bridgehead atoms. The topological polar surface area (TPSA) is 34.1 Å². The monoisotopic (exact) mass is 103 g/mol. The molecule has 2 nitrogen and oxygen atoms in total. The third-order valence-electron chi connectivity index (χ3n) is 0. The van der Waals surface area contributed by atoms with Crippen LogP contribution in [0.1, 0.15) is 0 Å². The molecule has 0 spiro atoms. The van der Waals surface area contributed by atoms with Crippen molar-refractivity contribution in [3.05, 3.63) is 0 Å². The Morgan fingerprint density at radius 3 is 1.25 bits per heavy atom. The fraction of sp³-hybridized carbons (Fsp3) is 0. The van der Waals surface area contributed by atoms with Crippen molar-refractivity contribution in [2.45, 2.75) is 0 Å². The van der Waals surface area contributed by atoms with Gasteiger partial charge in [-0.3, -0.25) is 4.70 Å². The molecule has 0 aromatic rings. The van der Waals surface area contributed by atoms with E-state index in [-0.39, 0.29) is 4.70 Å². The van der Waals surface area contributed by atoms with E-state index in [1.54, 1.807) is 0 Å². The first-order valence-electron chi connectivity index (χ1n) is 0.365. The SMILES string of the molecule is F.[O]=[V]=[O]. The molecule has 0 saturated carbocycles. The molecule has 0 unspecified atom stereocenters. The zero-order chi connectivity index (χ0) is 2.71. The van der Waals surface area contributed by atoms with E-state index in [2.05, 4.69) is 0 Å². The van der Waals surface area contributed by atoms with Gasteiger partial charge in [0.25, 0.3) is 0 Å². The fourth-order valence-electron chi connectivity index (χ4n) is 0. The molecule has 0 heterocycles. The Bertz CT molecular complexity index is 27.0. The molecule has 0 aliphatic carbocycles. The Kier molecular flexibility index (Phi) is 25.0. The van der Waals surface area contributed by atoms with Crippen LogP contribution >= 0.6 is 0 Å². The molecule has 0 amide bonds. The Balaban J connectivity index is 0. The molecule has 0 aromatic carbocycles. The van der Waals surface area contributed by atoms with Gasteiger partial charge in [0.1, 0.15) is 0 Å². The summed E-state index contributed by atoms with van der Waals surface area (Å²) in [5.41, 5.74) is 0. The summed E-state index contributed by atoms with van der Waals surface area (Å²) in [6.45, 7) is 0. The van der Waals surface area contributed by atoms with Crippen LogP contribution in [0.5, 0.6) is 0 Å². The van der Waals surface area contributed by atoms with Crippen LogP contribution in [0.2, 0.25) is 0 Å². The minimum absolute atomic E-state index is 0. The van der Waals surface area contributed by atoms with Gasteiger partial charge in [-0.1, -0.05) is 0 Å². The molecule has 0 saturated heterocycles. The van der Waals surface area contributed by atoms with Crippen LogP contribution in [0.15, 0.2) is 0 Å². The van der Waals surface area contributed by atoms with Gasteiger partial charge in [-0.25, -0.2) is 0 Å². The van der Waals surface area contributed by atoms with E-state index in [0.29, 0.717) is 0 Å². The third kappa shape index (κ3) is 201. The summed E-state index contributed by atoms with van der Waals surface area (Å²) < 4.78 is 16.9. The van der Waals surface area contributed by atoms with Gasteiger partial charge in [-0.2, -0.15) is 0 Å². The standard InChI is InChI=1S/FH.2O.V/h1H;;;. The molecule has 0 aliphatic rings. The second-order valence-electron chi connectivity index (χ2n) is 0.0745. The van der Waals surface area contributed by atoms with Crippen LogP contribution in [0.3, 0.4) is 0 Å². The first kappa shape index (κ1) is 8.93. The predicted molar refractivity (Wildman–Crippen MR) is 3.88 cm³/mol. The van der Waals surface area contributed by atoms with Crippen molar-refractivity contribution >= 4 is 0 Å². The molecule has 0 rings (SSSR count). The Morgan fingerprint density at radius 2 is 1.25 bits per heavy atom.